The molecule has 0 spiro atoms. The molecule has 4 heteroatoms. The Morgan fingerprint density at radius 1 is 0.926 bits per heavy atom. The number of aromatic nitrogens is 1. The van der Waals surface area contributed by atoms with Gasteiger partial charge in [0.2, 0.25) is 0 Å². The number of carbonyl (C=O) groups excluding carboxylic acids is 1. The molecule has 0 atom stereocenters. The molecule has 2 fully saturated rings. The second kappa shape index (κ2) is 8.55. The van der Waals surface area contributed by atoms with Crippen molar-refractivity contribution in [3.05, 3.63) is 59.9 Å². The third kappa shape index (κ3) is 4.49. The Labute approximate surface area is 162 Å². The number of hydrogen-bond donors (Lipinski definition) is 0. The molecule has 4 rings (SSSR count). The van der Waals surface area contributed by atoms with Gasteiger partial charge in [-0.25, -0.2) is 4.98 Å². The minimum atomic E-state index is 0.0859. The molecule has 2 aliphatic heterocycles. The Bertz CT molecular complexity index is 730. The highest BCUT2D eigenvalue weighted by Gasteiger charge is 2.22. The summed E-state index contributed by atoms with van der Waals surface area (Å²) in [6, 6.07) is 14.8. The minimum Gasteiger partial charge on any atom is -0.370 e. The van der Waals surface area contributed by atoms with Gasteiger partial charge in [-0.3, -0.25) is 4.79 Å². The molecule has 2 aliphatic rings. The van der Waals surface area contributed by atoms with E-state index in [0.717, 1.165) is 50.6 Å². The van der Waals surface area contributed by atoms with Gasteiger partial charge in [-0.2, -0.15) is 0 Å². The number of nitrogens with zero attached hydrogens (tertiary/aromatic N) is 3. The molecular formula is C23H29N3O. The monoisotopic (exact) mass is 363 g/mol. The molecule has 0 radical (unpaired) electrons. The maximum Gasteiger partial charge on any atom is 0.272 e. The summed E-state index contributed by atoms with van der Waals surface area (Å²) in [5.41, 5.74) is 3.17. The van der Waals surface area contributed by atoms with Gasteiger partial charge in [0.25, 0.3) is 5.91 Å². The van der Waals surface area contributed by atoms with Crippen LogP contribution in [-0.2, 0) is 6.42 Å². The number of likely N-dealkylation sites (tertiary alicyclic amines) is 1. The van der Waals surface area contributed by atoms with E-state index in [1.54, 1.807) is 0 Å². The standard InChI is InChI=1S/C23H29N3O/c27-23(26-13-5-2-6-14-26)22-10-9-21(18-24-22)25-15-11-20(12-16-25)17-19-7-3-1-4-8-19/h1,3-4,7-10,18,20H,2,5-6,11-17H2. The summed E-state index contributed by atoms with van der Waals surface area (Å²) in [5, 5.41) is 0. The maximum absolute atomic E-state index is 12.6. The average molecular weight is 364 g/mol. The van der Waals surface area contributed by atoms with Crippen molar-refractivity contribution >= 4 is 11.6 Å². The number of rotatable bonds is 4. The van der Waals surface area contributed by atoms with Gasteiger partial charge in [0.05, 0.1) is 11.9 Å². The van der Waals surface area contributed by atoms with Crippen LogP contribution in [0.4, 0.5) is 5.69 Å². The van der Waals surface area contributed by atoms with Crippen molar-refractivity contribution in [3.8, 4) is 0 Å². The van der Waals surface area contributed by atoms with Crippen molar-refractivity contribution in [2.75, 3.05) is 31.1 Å². The zero-order chi connectivity index (χ0) is 18.5. The number of amides is 1. The first-order valence-corrected chi connectivity index (χ1v) is 10.3. The van der Waals surface area contributed by atoms with E-state index in [0.29, 0.717) is 5.69 Å². The third-order valence-electron chi connectivity index (χ3n) is 5.96. The molecule has 0 unspecified atom stereocenters. The second-order valence-electron chi connectivity index (χ2n) is 7.87. The van der Waals surface area contributed by atoms with Crippen molar-refractivity contribution < 1.29 is 4.79 Å². The summed E-state index contributed by atoms with van der Waals surface area (Å²) < 4.78 is 0. The lowest BCUT2D eigenvalue weighted by atomic mass is 9.90. The first-order valence-electron chi connectivity index (χ1n) is 10.3. The van der Waals surface area contributed by atoms with Crippen molar-refractivity contribution in [1.82, 2.24) is 9.88 Å². The van der Waals surface area contributed by atoms with E-state index < -0.39 is 0 Å². The molecule has 2 aromatic rings. The Morgan fingerprint density at radius 2 is 1.67 bits per heavy atom. The summed E-state index contributed by atoms with van der Waals surface area (Å²) in [7, 11) is 0. The molecule has 3 heterocycles. The van der Waals surface area contributed by atoms with Gasteiger partial charge >= 0.3 is 0 Å². The van der Waals surface area contributed by atoms with Crippen LogP contribution in [0.15, 0.2) is 48.7 Å². The zero-order valence-electron chi connectivity index (χ0n) is 16.0. The fourth-order valence-electron chi connectivity index (χ4n) is 4.30. The summed E-state index contributed by atoms with van der Waals surface area (Å²) in [5.74, 6) is 0.847. The number of carbonyl (C=O) groups is 1. The van der Waals surface area contributed by atoms with Crippen molar-refractivity contribution in [2.24, 2.45) is 5.92 Å². The fraction of sp³-hybridized carbons (Fsp3) is 0.478. The van der Waals surface area contributed by atoms with Crippen LogP contribution in [0.5, 0.6) is 0 Å². The van der Waals surface area contributed by atoms with Gasteiger partial charge < -0.3 is 9.80 Å². The van der Waals surface area contributed by atoms with Crippen LogP contribution >= 0.6 is 0 Å². The third-order valence-corrected chi connectivity index (χ3v) is 5.96. The molecule has 0 N–H and O–H groups in total. The SMILES string of the molecule is O=C(c1ccc(N2CCC(Cc3ccccc3)CC2)cn1)N1CCCCC1. The van der Waals surface area contributed by atoms with Gasteiger partial charge in [-0.15, -0.1) is 0 Å². The summed E-state index contributed by atoms with van der Waals surface area (Å²) in [4.78, 5) is 21.4. The lowest BCUT2D eigenvalue weighted by Crippen LogP contribution is -2.36. The van der Waals surface area contributed by atoms with E-state index >= 15 is 0 Å². The van der Waals surface area contributed by atoms with Crippen LogP contribution < -0.4 is 4.90 Å². The van der Waals surface area contributed by atoms with Crippen molar-refractivity contribution in [2.45, 2.75) is 38.5 Å². The highest BCUT2D eigenvalue weighted by atomic mass is 16.2. The predicted molar refractivity (Wildman–Crippen MR) is 109 cm³/mol. The van der Waals surface area contributed by atoms with Crippen LogP contribution in [0.2, 0.25) is 0 Å². The van der Waals surface area contributed by atoms with E-state index in [-0.39, 0.29) is 5.91 Å². The van der Waals surface area contributed by atoms with Crippen LogP contribution in [0.3, 0.4) is 0 Å². The molecule has 1 aromatic carbocycles. The summed E-state index contributed by atoms with van der Waals surface area (Å²) >= 11 is 0. The molecule has 0 bridgehead atoms. The number of anilines is 1. The lowest BCUT2D eigenvalue weighted by molar-refractivity contribution is 0.0718. The van der Waals surface area contributed by atoms with Gasteiger partial charge in [0, 0.05) is 26.2 Å². The first kappa shape index (κ1) is 18.0. The molecule has 4 nitrogen and oxygen atoms in total. The molecular weight excluding hydrogens is 334 g/mol. The first-order chi connectivity index (χ1) is 13.3. The molecule has 1 amide bonds. The fourth-order valence-corrected chi connectivity index (χ4v) is 4.30. The van der Waals surface area contributed by atoms with E-state index in [1.807, 2.05) is 17.2 Å². The predicted octanol–water partition coefficient (Wildman–Crippen LogP) is 4.17. The van der Waals surface area contributed by atoms with Crippen molar-refractivity contribution in [1.29, 1.82) is 0 Å². The van der Waals surface area contributed by atoms with E-state index in [9.17, 15) is 4.79 Å². The summed E-state index contributed by atoms with van der Waals surface area (Å²) in [6.45, 7) is 3.88. The Kier molecular flexibility index (Phi) is 5.71. The average Bonchev–Trinajstić information content (AvgIpc) is 2.75. The van der Waals surface area contributed by atoms with Crippen LogP contribution in [0.1, 0.15) is 48.2 Å². The quantitative estimate of drug-likeness (QED) is 0.818. The zero-order valence-corrected chi connectivity index (χ0v) is 16.0. The van der Waals surface area contributed by atoms with Crippen LogP contribution in [0, 0.1) is 5.92 Å². The second-order valence-corrected chi connectivity index (χ2v) is 7.87. The number of piperidine rings is 2. The highest BCUT2D eigenvalue weighted by molar-refractivity contribution is 5.92. The molecule has 142 valence electrons. The minimum absolute atomic E-state index is 0.0859. The van der Waals surface area contributed by atoms with Crippen LogP contribution in [-0.4, -0.2) is 42.0 Å². The van der Waals surface area contributed by atoms with E-state index in [4.69, 9.17) is 0 Å². The van der Waals surface area contributed by atoms with E-state index in [1.165, 1.54) is 31.2 Å². The maximum atomic E-state index is 12.6. The Hall–Kier alpha value is -2.36. The van der Waals surface area contributed by atoms with Gasteiger partial charge in [0.1, 0.15) is 5.69 Å². The molecule has 0 aliphatic carbocycles. The highest BCUT2D eigenvalue weighted by Crippen LogP contribution is 2.25. The van der Waals surface area contributed by atoms with Crippen LogP contribution in [0.25, 0.3) is 0 Å². The number of pyridine rings is 1. The lowest BCUT2D eigenvalue weighted by Gasteiger charge is -2.33. The normalized spacial score (nSPS) is 18.5. The van der Waals surface area contributed by atoms with Crippen molar-refractivity contribution in [3.63, 3.8) is 0 Å². The van der Waals surface area contributed by atoms with E-state index in [2.05, 4.69) is 46.3 Å². The van der Waals surface area contributed by atoms with Gasteiger partial charge in [0.15, 0.2) is 0 Å². The Balaban J connectivity index is 1.31. The van der Waals surface area contributed by atoms with Gasteiger partial charge in [-0.1, -0.05) is 30.3 Å². The van der Waals surface area contributed by atoms with Gasteiger partial charge in [-0.05, 0) is 62.1 Å². The number of hydrogen-bond acceptors (Lipinski definition) is 3. The largest absolute Gasteiger partial charge is 0.370 e. The number of benzene rings is 1. The Morgan fingerprint density at radius 3 is 2.33 bits per heavy atom. The smallest absolute Gasteiger partial charge is 0.272 e. The molecule has 0 saturated carbocycles. The molecule has 27 heavy (non-hydrogen) atoms. The topological polar surface area (TPSA) is 36.4 Å². The molecule has 2 saturated heterocycles. The summed E-state index contributed by atoms with van der Waals surface area (Å²) in [6.07, 6.45) is 8.94. The molecule has 1 aromatic heterocycles.